The summed E-state index contributed by atoms with van der Waals surface area (Å²) < 4.78 is 0.965. The number of anilines is 1. The number of rotatable bonds is 5. The van der Waals surface area contributed by atoms with Crippen LogP contribution < -0.4 is 10.0 Å². The van der Waals surface area contributed by atoms with E-state index < -0.39 is 5.97 Å². The Labute approximate surface area is 158 Å². The summed E-state index contributed by atoms with van der Waals surface area (Å²) in [6.45, 7) is 0. The summed E-state index contributed by atoms with van der Waals surface area (Å²) in [6, 6.07) is 15.7. The van der Waals surface area contributed by atoms with Gasteiger partial charge in [-0.2, -0.15) is 0 Å². The SMILES string of the molecule is CN(C)c1ccc(-c2nc(-c3ccc(Br)cc3)c(CC(=O)[O-])s2)cc1. The van der Waals surface area contributed by atoms with Gasteiger partial charge in [0.15, 0.2) is 0 Å². The minimum Gasteiger partial charge on any atom is -0.550 e. The first kappa shape index (κ1) is 17.6. The van der Waals surface area contributed by atoms with Gasteiger partial charge in [0.25, 0.3) is 0 Å². The second-order valence-electron chi connectivity index (χ2n) is 5.79. The topological polar surface area (TPSA) is 56.3 Å². The summed E-state index contributed by atoms with van der Waals surface area (Å²) in [5.74, 6) is -1.10. The fraction of sp³-hybridized carbons (Fsp3) is 0.158. The maximum atomic E-state index is 11.1. The summed E-state index contributed by atoms with van der Waals surface area (Å²) >= 11 is 4.81. The van der Waals surface area contributed by atoms with E-state index in [-0.39, 0.29) is 6.42 Å². The molecule has 4 nitrogen and oxygen atoms in total. The number of carboxylic acid groups (broad SMARTS) is 1. The number of thiazole rings is 1. The normalized spacial score (nSPS) is 10.7. The Kier molecular flexibility index (Phi) is 5.20. The van der Waals surface area contributed by atoms with Gasteiger partial charge in [0.2, 0.25) is 0 Å². The number of aromatic nitrogens is 1. The van der Waals surface area contributed by atoms with Gasteiger partial charge in [-0.05, 0) is 36.4 Å². The van der Waals surface area contributed by atoms with Crippen molar-refractivity contribution >= 4 is 38.9 Å². The lowest BCUT2D eigenvalue weighted by Crippen LogP contribution is -2.24. The fourth-order valence-corrected chi connectivity index (χ4v) is 3.80. The maximum Gasteiger partial charge on any atom is 0.124 e. The van der Waals surface area contributed by atoms with Crippen LogP contribution in [0, 0.1) is 0 Å². The van der Waals surface area contributed by atoms with E-state index in [1.807, 2.05) is 67.5 Å². The van der Waals surface area contributed by atoms with E-state index in [0.29, 0.717) is 10.6 Å². The van der Waals surface area contributed by atoms with Crippen molar-refractivity contribution in [1.82, 2.24) is 4.98 Å². The molecule has 0 saturated heterocycles. The molecular formula is C19H16BrN2O2S-. The van der Waals surface area contributed by atoms with Crippen molar-refractivity contribution in [2.24, 2.45) is 0 Å². The van der Waals surface area contributed by atoms with Crippen molar-refractivity contribution in [1.29, 1.82) is 0 Å². The van der Waals surface area contributed by atoms with Crippen LogP contribution in [0.25, 0.3) is 21.8 Å². The Balaban J connectivity index is 2.03. The molecule has 0 amide bonds. The number of carbonyl (C=O) groups excluding carboxylic acids is 1. The van der Waals surface area contributed by atoms with Crippen LogP contribution in [0.15, 0.2) is 53.0 Å². The molecule has 0 bridgehead atoms. The van der Waals surface area contributed by atoms with Crippen molar-refractivity contribution in [3.63, 3.8) is 0 Å². The van der Waals surface area contributed by atoms with Crippen molar-refractivity contribution in [2.75, 3.05) is 19.0 Å². The maximum absolute atomic E-state index is 11.1. The van der Waals surface area contributed by atoms with Gasteiger partial charge in [0, 0.05) is 52.6 Å². The van der Waals surface area contributed by atoms with Gasteiger partial charge < -0.3 is 14.8 Å². The van der Waals surface area contributed by atoms with E-state index in [1.54, 1.807) is 0 Å². The van der Waals surface area contributed by atoms with E-state index in [9.17, 15) is 9.90 Å². The fourth-order valence-electron chi connectivity index (χ4n) is 2.46. The first-order valence-corrected chi connectivity index (χ1v) is 9.28. The highest BCUT2D eigenvalue weighted by Gasteiger charge is 2.15. The molecule has 128 valence electrons. The van der Waals surface area contributed by atoms with Crippen LogP contribution in [0.1, 0.15) is 4.88 Å². The molecule has 1 aromatic heterocycles. The number of aliphatic carboxylic acids is 1. The Morgan fingerprint density at radius 3 is 2.24 bits per heavy atom. The second kappa shape index (κ2) is 7.37. The molecule has 0 aliphatic rings. The van der Waals surface area contributed by atoms with Gasteiger partial charge in [-0.15, -0.1) is 11.3 Å². The third-order valence-electron chi connectivity index (χ3n) is 3.75. The number of carbonyl (C=O) groups is 1. The van der Waals surface area contributed by atoms with Gasteiger partial charge in [-0.1, -0.05) is 28.1 Å². The molecule has 0 unspecified atom stereocenters. The molecule has 3 rings (SSSR count). The minimum absolute atomic E-state index is 0.140. The van der Waals surface area contributed by atoms with Crippen LogP contribution in [-0.2, 0) is 11.2 Å². The quantitative estimate of drug-likeness (QED) is 0.638. The van der Waals surface area contributed by atoms with Crippen LogP contribution in [0.5, 0.6) is 0 Å². The third kappa shape index (κ3) is 4.08. The first-order valence-electron chi connectivity index (χ1n) is 7.67. The lowest BCUT2D eigenvalue weighted by molar-refractivity contribution is -0.304. The standard InChI is InChI=1S/C19H17BrN2O2S/c1-22(2)15-9-5-13(6-10-15)19-21-18(16(25-19)11-17(23)24)12-3-7-14(20)8-4-12/h3-10H,11H2,1-2H3,(H,23,24)/p-1. The van der Waals surface area contributed by atoms with Crippen LogP contribution in [-0.4, -0.2) is 25.0 Å². The molecule has 0 atom stereocenters. The third-order valence-corrected chi connectivity index (χ3v) is 5.38. The lowest BCUT2D eigenvalue weighted by Gasteiger charge is -2.11. The largest absolute Gasteiger partial charge is 0.550 e. The van der Waals surface area contributed by atoms with Crippen LogP contribution >= 0.6 is 27.3 Å². The molecule has 0 saturated carbocycles. The Morgan fingerprint density at radius 1 is 1.08 bits per heavy atom. The summed E-state index contributed by atoms with van der Waals surface area (Å²) in [5, 5.41) is 11.9. The molecule has 1 heterocycles. The molecule has 0 spiro atoms. The lowest BCUT2D eigenvalue weighted by atomic mass is 10.1. The number of hydrogen-bond donors (Lipinski definition) is 0. The number of carboxylic acids is 1. The summed E-state index contributed by atoms with van der Waals surface area (Å²) in [5.41, 5.74) is 3.67. The number of nitrogens with zero attached hydrogens (tertiary/aromatic N) is 2. The molecule has 0 radical (unpaired) electrons. The minimum atomic E-state index is -1.10. The van der Waals surface area contributed by atoms with Crippen molar-refractivity contribution in [3.8, 4) is 21.8 Å². The first-order chi connectivity index (χ1) is 11.9. The van der Waals surface area contributed by atoms with Gasteiger partial charge >= 0.3 is 0 Å². The Bertz CT molecular complexity index is 887. The van der Waals surface area contributed by atoms with Crippen LogP contribution in [0.3, 0.4) is 0 Å². The molecule has 0 fully saturated rings. The zero-order chi connectivity index (χ0) is 18.0. The van der Waals surface area contributed by atoms with Gasteiger partial charge in [0.1, 0.15) is 5.01 Å². The number of benzene rings is 2. The summed E-state index contributed by atoms with van der Waals surface area (Å²) in [7, 11) is 3.98. The van der Waals surface area contributed by atoms with E-state index in [2.05, 4.69) is 15.9 Å². The second-order valence-corrected chi connectivity index (χ2v) is 7.79. The Morgan fingerprint density at radius 2 is 1.68 bits per heavy atom. The Hall–Kier alpha value is -2.18. The van der Waals surface area contributed by atoms with Gasteiger partial charge in [0.05, 0.1) is 5.69 Å². The molecule has 0 N–H and O–H groups in total. The highest BCUT2D eigenvalue weighted by molar-refractivity contribution is 9.10. The average Bonchev–Trinajstić information content (AvgIpc) is 2.98. The van der Waals surface area contributed by atoms with Gasteiger partial charge in [-0.25, -0.2) is 4.98 Å². The zero-order valence-corrected chi connectivity index (χ0v) is 16.2. The summed E-state index contributed by atoms with van der Waals surface area (Å²) in [4.78, 5) is 18.6. The van der Waals surface area contributed by atoms with E-state index in [4.69, 9.17) is 4.98 Å². The average molecular weight is 416 g/mol. The number of hydrogen-bond acceptors (Lipinski definition) is 5. The molecular weight excluding hydrogens is 400 g/mol. The van der Waals surface area contributed by atoms with E-state index in [1.165, 1.54) is 11.3 Å². The smallest absolute Gasteiger partial charge is 0.124 e. The van der Waals surface area contributed by atoms with E-state index in [0.717, 1.165) is 26.3 Å². The van der Waals surface area contributed by atoms with Crippen LogP contribution in [0.2, 0.25) is 0 Å². The monoisotopic (exact) mass is 415 g/mol. The highest BCUT2D eigenvalue weighted by Crippen LogP contribution is 2.35. The molecule has 0 aliphatic heterocycles. The van der Waals surface area contributed by atoms with E-state index >= 15 is 0 Å². The molecule has 6 heteroatoms. The molecule has 0 aliphatic carbocycles. The predicted molar refractivity (Wildman–Crippen MR) is 104 cm³/mol. The van der Waals surface area contributed by atoms with Gasteiger partial charge in [-0.3, -0.25) is 0 Å². The van der Waals surface area contributed by atoms with Crippen LogP contribution in [0.4, 0.5) is 5.69 Å². The summed E-state index contributed by atoms with van der Waals surface area (Å²) in [6.07, 6.45) is -0.140. The van der Waals surface area contributed by atoms with Crippen molar-refractivity contribution in [2.45, 2.75) is 6.42 Å². The highest BCUT2D eigenvalue weighted by atomic mass is 79.9. The molecule has 2 aromatic carbocycles. The number of halogens is 1. The molecule has 3 aromatic rings. The predicted octanol–water partition coefficient (Wildman–Crippen LogP) is 3.60. The van der Waals surface area contributed by atoms with Crippen molar-refractivity contribution < 1.29 is 9.90 Å². The molecule has 25 heavy (non-hydrogen) atoms. The zero-order valence-electron chi connectivity index (χ0n) is 13.8. The van der Waals surface area contributed by atoms with Crippen molar-refractivity contribution in [3.05, 3.63) is 57.9 Å².